The third-order valence-corrected chi connectivity index (χ3v) is 5.40. The Kier molecular flexibility index (Phi) is 6.08. The largest absolute Gasteiger partial charge is 0.378 e. The average molecular weight is 410 g/mol. The van der Waals surface area contributed by atoms with Crippen LogP contribution >= 0.6 is 11.8 Å². The van der Waals surface area contributed by atoms with E-state index in [-0.39, 0.29) is 17.7 Å². The maximum absolute atomic E-state index is 13.2. The zero-order chi connectivity index (χ0) is 21.1. The Bertz CT molecular complexity index is 979. The average Bonchev–Trinajstić information content (AvgIpc) is 2.92. The van der Waals surface area contributed by atoms with E-state index >= 15 is 0 Å². The molecule has 2 aromatic rings. The van der Waals surface area contributed by atoms with Crippen molar-refractivity contribution in [1.82, 2.24) is 0 Å². The first kappa shape index (κ1) is 20.7. The summed E-state index contributed by atoms with van der Waals surface area (Å²) in [6.07, 6.45) is 0. The predicted molar refractivity (Wildman–Crippen MR) is 119 cm³/mol. The van der Waals surface area contributed by atoms with Crippen LogP contribution in [0, 0.1) is 0 Å². The van der Waals surface area contributed by atoms with E-state index in [1.807, 2.05) is 38.1 Å². The molecule has 0 atom stereocenters. The zero-order valence-corrected chi connectivity index (χ0v) is 17.7. The standard InChI is InChI=1S/C22H23N3O3S/c1-5-29-20-19(15-6-8-16(9-7-15)23-14(2)26)21(27)25(22(20)28)18-12-10-17(11-13-18)24(3)4/h6-13H,5H2,1-4H3,(H,23,26). The van der Waals surface area contributed by atoms with Crippen molar-refractivity contribution in [2.45, 2.75) is 13.8 Å². The summed E-state index contributed by atoms with van der Waals surface area (Å²) in [5.41, 5.74) is 3.22. The summed E-state index contributed by atoms with van der Waals surface area (Å²) in [5.74, 6) is -0.134. The van der Waals surface area contributed by atoms with Crippen molar-refractivity contribution in [3.63, 3.8) is 0 Å². The van der Waals surface area contributed by atoms with Crippen molar-refractivity contribution in [3.05, 3.63) is 59.0 Å². The fourth-order valence-corrected chi connectivity index (χ4v) is 3.95. The van der Waals surface area contributed by atoms with Crippen LogP contribution in [0.25, 0.3) is 5.57 Å². The molecule has 1 aliphatic rings. The van der Waals surface area contributed by atoms with Crippen molar-refractivity contribution < 1.29 is 14.4 Å². The first-order chi connectivity index (χ1) is 13.8. The molecule has 0 aliphatic carbocycles. The maximum atomic E-state index is 13.2. The summed E-state index contributed by atoms with van der Waals surface area (Å²) in [4.78, 5) is 41.2. The molecule has 0 saturated carbocycles. The van der Waals surface area contributed by atoms with Crippen LogP contribution in [0.2, 0.25) is 0 Å². The van der Waals surface area contributed by atoms with Crippen LogP contribution in [0.5, 0.6) is 0 Å². The first-order valence-electron chi connectivity index (χ1n) is 9.24. The van der Waals surface area contributed by atoms with Crippen LogP contribution in [0.1, 0.15) is 19.4 Å². The molecule has 0 aromatic heterocycles. The van der Waals surface area contributed by atoms with E-state index in [0.29, 0.717) is 33.2 Å². The minimum Gasteiger partial charge on any atom is -0.378 e. The van der Waals surface area contributed by atoms with E-state index < -0.39 is 0 Å². The summed E-state index contributed by atoms with van der Waals surface area (Å²) in [6, 6.07) is 14.3. The Morgan fingerprint density at radius 2 is 1.62 bits per heavy atom. The highest BCUT2D eigenvalue weighted by atomic mass is 32.2. The summed E-state index contributed by atoms with van der Waals surface area (Å²) < 4.78 is 0. The van der Waals surface area contributed by atoms with Gasteiger partial charge < -0.3 is 10.2 Å². The highest BCUT2D eigenvalue weighted by molar-refractivity contribution is 8.04. The van der Waals surface area contributed by atoms with Gasteiger partial charge in [0.15, 0.2) is 0 Å². The second-order valence-corrected chi connectivity index (χ2v) is 8.03. The van der Waals surface area contributed by atoms with Crippen LogP contribution in [0.4, 0.5) is 17.1 Å². The van der Waals surface area contributed by atoms with Crippen LogP contribution in [0.3, 0.4) is 0 Å². The van der Waals surface area contributed by atoms with Crippen LogP contribution in [0.15, 0.2) is 53.4 Å². The molecule has 6 nitrogen and oxygen atoms in total. The number of nitrogens with one attached hydrogen (secondary N) is 1. The highest BCUT2D eigenvalue weighted by Gasteiger charge is 2.39. The third-order valence-electron chi connectivity index (χ3n) is 4.45. The van der Waals surface area contributed by atoms with Gasteiger partial charge in [0.1, 0.15) is 0 Å². The van der Waals surface area contributed by atoms with Gasteiger partial charge in [-0.2, -0.15) is 0 Å². The molecule has 3 amide bonds. The number of benzene rings is 2. The van der Waals surface area contributed by atoms with Crippen molar-refractivity contribution in [2.75, 3.05) is 35.0 Å². The maximum Gasteiger partial charge on any atom is 0.272 e. The van der Waals surface area contributed by atoms with Crippen LogP contribution in [-0.4, -0.2) is 37.6 Å². The van der Waals surface area contributed by atoms with Gasteiger partial charge in [0, 0.05) is 32.4 Å². The van der Waals surface area contributed by atoms with Crippen molar-refractivity contribution in [2.24, 2.45) is 0 Å². The predicted octanol–water partition coefficient (Wildman–Crippen LogP) is 3.75. The van der Waals surface area contributed by atoms with Gasteiger partial charge >= 0.3 is 0 Å². The Labute approximate surface area is 174 Å². The van der Waals surface area contributed by atoms with E-state index in [0.717, 1.165) is 5.69 Å². The van der Waals surface area contributed by atoms with Crippen LogP contribution < -0.4 is 15.1 Å². The molecule has 0 unspecified atom stereocenters. The smallest absolute Gasteiger partial charge is 0.272 e. The lowest BCUT2D eigenvalue weighted by atomic mass is 10.1. The summed E-state index contributed by atoms with van der Waals surface area (Å²) in [6.45, 7) is 3.38. The molecule has 2 aromatic carbocycles. The van der Waals surface area contributed by atoms with Gasteiger partial charge in [0.25, 0.3) is 11.8 Å². The van der Waals surface area contributed by atoms with Gasteiger partial charge in [0.2, 0.25) is 5.91 Å². The summed E-state index contributed by atoms with van der Waals surface area (Å²) >= 11 is 1.36. The van der Waals surface area contributed by atoms with Crippen molar-refractivity contribution in [3.8, 4) is 0 Å². The molecule has 0 bridgehead atoms. The van der Waals surface area contributed by atoms with Gasteiger partial charge in [0.05, 0.1) is 16.2 Å². The monoisotopic (exact) mass is 409 g/mol. The van der Waals surface area contributed by atoms with Crippen LogP contribution in [-0.2, 0) is 14.4 Å². The molecule has 150 valence electrons. The number of amides is 3. The molecule has 1 N–H and O–H groups in total. The van der Waals surface area contributed by atoms with Gasteiger partial charge in [-0.05, 0) is 47.7 Å². The van der Waals surface area contributed by atoms with E-state index in [2.05, 4.69) is 5.32 Å². The number of thioether (sulfide) groups is 1. The molecule has 7 heteroatoms. The number of hydrogen-bond donors (Lipinski definition) is 1. The lowest BCUT2D eigenvalue weighted by molar-refractivity contribution is -0.120. The Morgan fingerprint density at radius 1 is 1.00 bits per heavy atom. The van der Waals surface area contributed by atoms with Gasteiger partial charge in [-0.1, -0.05) is 19.1 Å². The fraction of sp³-hybridized carbons (Fsp3) is 0.227. The topological polar surface area (TPSA) is 69.7 Å². The molecule has 0 saturated heterocycles. The zero-order valence-electron chi connectivity index (χ0n) is 16.9. The number of carbonyl (C=O) groups excluding carboxylic acids is 3. The molecule has 29 heavy (non-hydrogen) atoms. The Balaban J connectivity index is 1.97. The lowest BCUT2D eigenvalue weighted by Crippen LogP contribution is -2.31. The second-order valence-electron chi connectivity index (χ2n) is 6.75. The normalized spacial score (nSPS) is 13.9. The number of nitrogens with zero attached hydrogens (tertiary/aromatic N) is 2. The number of carbonyl (C=O) groups is 3. The molecule has 3 rings (SSSR count). The van der Waals surface area contributed by atoms with Crippen molar-refractivity contribution >= 4 is 52.1 Å². The molecule has 1 aliphatic heterocycles. The molecule has 0 fully saturated rings. The molecular weight excluding hydrogens is 386 g/mol. The quantitative estimate of drug-likeness (QED) is 0.736. The lowest BCUT2D eigenvalue weighted by Gasteiger charge is -2.17. The van der Waals surface area contributed by atoms with E-state index in [1.165, 1.54) is 23.6 Å². The summed E-state index contributed by atoms with van der Waals surface area (Å²) in [7, 11) is 3.86. The summed E-state index contributed by atoms with van der Waals surface area (Å²) in [5, 5.41) is 2.70. The minimum absolute atomic E-state index is 0.168. The van der Waals surface area contributed by atoms with E-state index in [9.17, 15) is 14.4 Å². The third kappa shape index (κ3) is 4.19. The van der Waals surface area contributed by atoms with Gasteiger partial charge in [-0.15, -0.1) is 11.8 Å². The molecule has 0 radical (unpaired) electrons. The first-order valence-corrected chi connectivity index (χ1v) is 10.2. The number of imide groups is 1. The second kappa shape index (κ2) is 8.53. The fourth-order valence-electron chi connectivity index (χ4n) is 3.10. The van der Waals surface area contributed by atoms with Gasteiger partial charge in [-0.3, -0.25) is 14.4 Å². The molecule has 0 spiro atoms. The number of hydrogen-bond acceptors (Lipinski definition) is 5. The number of rotatable bonds is 6. The van der Waals surface area contributed by atoms with E-state index in [1.54, 1.807) is 36.4 Å². The Morgan fingerprint density at radius 3 is 2.14 bits per heavy atom. The highest BCUT2D eigenvalue weighted by Crippen LogP contribution is 2.38. The minimum atomic E-state index is -0.337. The molecular formula is C22H23N3O3S. The van der Waals surface area contributed by atoms with E-state index in [4.69, 9.17) is 0 Å². The SMILES string of the molecule is CCSC1=C(c2ccc(NC(C)=O)cc2)C(=O)N(c2ccc(N(C)C)cc2)C1=O. The number of anilines is 3. The van der Waals surface area contributed by atoms with Gasteiger partial charge in [-0.25, -0.2) is 4.90 Å². The Hall–Kier alpha value is -3.06. The molecule has 1 heterocycles. The van der Waals surface area contributed by atoms with Crippen molar-refractivity contribution in [1.29, 1.82) is 0 Å².